The molecule has 0 unspecified atom stereocenters. The molecule has 1 aliphatic rings. The summed E-state index contributed by atoms with van der Waals surface area (Å²) < 4.78 is 0. The lowest BCUT2D eigenvalue weighted by Crippen LogP contribution is -3.00. The van der Waals surface area contributed by atoms with E-state index in [9.17, 15) is 0 Å². The normalized spacial score (nSPS) is 12.4. The van der Waals surface area contributed by atoms with Crippen LogP contribution in [0.2, 0.25) is 0 Å². The molecule has 0 N–H and O–H groups in total. The highest BCUT2D eigenvalue weighted by atomic mass is 35.5. The molecule has 0 fully saturated rings. The van der Waals surface area contributed by atoms with E-state index in [-0.39, 0.29) is 12.4 Å². The number of halogens is 1. The fraction of sp³-hybridized carbons (Fsp3) is 0.214. The molecular formula is C28H32ClN4-. The lowest BCUT2D eigenvalue weighted by Gasteiger charge is -2.15. The molecule has 0 bridgehead atoms. The third kappa shape index (κ3) is 7.33. The van der Waals surface area contributed by atoms with Gasteiger partial charge in [-0.25, -0.2) is 0 Å². The van der Waals surface area contributed by atoms with Gasteiger partial charge in [0, 0.05) is 63.4 Å². The van der Waals surface area contributed by atoms with Gasteiger partial charge in [-0.1, -0.05) is 42.5 Å². The minimum Gasteiger partial charge on any atom is -1.00 e. The van der Waals surface area contributed by atoms with E-state index in [1.807, 2.05) is 59.5 Å². The minimum absolute atomic E-state index is 0. The van der Waals surface area contributed by atoms with Gasteiger partial charge in [0.25, 0.3) is 0 Å². The largest absolute Gasteiger partial charge is 1.00 e. The molecule has 0 atom stereocenters. The molecule has 0 amide bonds. The van der Waals surface area contributed by atoms with Crippen molar-refractivity contribution < 1.29 is 12.4 Å². The Balaban J connectivity index is 0.00000385. The van der Waals surface area contributed by atoms with Crippen LogP contribution in [0.25, 0.3) is 0 Å². The van der Waals surface area contributed by atoms with Crippen molar-refractivity contribution >= 4 is 22.8 Å². The first-order valence-corrected chi connectivity index (χ1v) is 10.9. The quantitative estimate of drug-likeness (QED) is 0.596. The molecule has 0 heterocycles. The maximum absolute atomic E-state index is 4.83. The van der Waals surface area contributed by atoms with Gasteiger partial charge >= 0.3 is 0 Å². The van der Waals surface area contributed by atoms with Crippen molar-refractivity contribution in [1.82, 2.24) is 0 Å². The highest BCUT2D eigenvalue weighted by Gasteiger charge is 2.08. The Labute approximate surface area is 204 Å². The molecule has 0 radical (unpaired) electrons. The third-order valence-corrected chi connectivity index (χ3v) is 5.13. The lowest BCUT2D eigenvalue weighted by molar-refractivity contribution is -0.00000657. The number of nitrogens with zero attached hydrogens (tertiary/aromatic N) is 4. The summed E-state index contributed by atoms with van der Waals surface area (Å²) in [4.78, 5) is 13.4. The van der Waals surface area contributed by atoms with Crippen molar-refractivity contribution in [3.8, 4) is 0 Å². The average Bonchev–Trinajstić information content (AvgIpc) is 2.80. The number of rotatable bonds is 7. The summed E-state index contributed by atoms with van der Waals surface area (Å²) in [6.45, 7) is 2.84. The molecule has 5 heteroatoms. The van der Waals surface area contributed by atoms with Gasteiger partial charge in [-0.2, -0.15) is 0 Å². The Bertz CT molecular complexity index is 1010. The van der Waals surface area contributed by atoms with Gasteiger partial charge in [0.2, 0.25) is 0 Å². The number of hydrogen-bond acceptors (Lipinski definition) is 4. The Morgan fingerprint density at radius 2 is 1.24 bits per heavy atom. The predicted octanol–water partition coefficient (Wildman–Crippen LogP) is 2.69. The summed E-state index contributed by atoms with van der Waals surface area (Å²) in [5.41, 5.74) is 7.58. The van der Waals surface area contributed by atoms with E-state index in [4.69, 9.17) is 4.99 Å². The zero-order valence-electron chi connectivity index (χ0n) is 20.0. The number of allylic oxidation sites excluding steroid dienone is 7. The monoisotopic (exact) mass is 459 g/mol. The van der Waals surface area contributed by atoms with Gasteiger partial charge in [-0.3, -0.25) is 9.98 Å². The fourth-order valence-electron chi connectivity index (χ4n) is 3.30. The molecule has 0 spiro atoms. The first kappa shape index (κ1) is 25.9. The van der Waals surface area contributed by atoms with E-state index < -0.39 is 0 Å². The van der Waals surface area contributed by atoms with Gasteiger partial charge in [0.15, 0.2) is 0 Å². The third-order valence-electron chi connectivity index (χ3n) is 5.13. The summed E-state index contributed by atoms with van der Waals surface area (Å²) in [5, 5.41) is 0. The summed E-state index contributed by atoms with van der Waals surface area (Å²) in [6, 6.07) is 17.0. The van der Waals surface area contributed by atoms with Crippen LogP contribution < -0.4 is 22.2 Å². The summed E-state index contributed by atoms with van der Waals surface area (Å²) in [7, 11) is 8.19. The number of anilines is 2. The Morgan fingerprint density at radius 3 is 1.67 bits per heavy atom. The van der Waals surface area contributed by atoms with E-state index in [2.05, 4.69) is 81.6 Å². The predicted molar refractivity (Wildman–Crippen MR) is 141 cm³/mol. The molecular weight excluding hydrogens is 428 g/mol. The van der Waals surface area contributed by atoms with Crippen LogP contribution in [0.4, 0.5) is 11.4 Å². The number of benzene rings is 2. The Kier molecular flexibility index (Phi) is 9.89. The van der Waals surface area contributed by atoms with E-state index in [0.29, 0.717) is 0 Å². The summed E-state index contributed by atoms with van der Waals surface area (Å²) in [5.74, 6) is 0. The fourth-order valence-corrected chi connectivity index (χ4v) is 3.30. The molecule has 1 aliphatic carbocycles. The first-order chi connectivity index (χ1) is 15.5. The van der Waals surface area contributed by atoms with Crippen molar-refractivity contribution in [1.29, 1.82) is 0 Å². The average molecular weight is 460 g/mol. The van der Waals surface area contributed by atoms with E-state index in [1.165, 1.54) is 0 Å². The van der Waals surface area contributed by atoms with Gasteiger partial charge in [0.1, 0.15) is 0 Å². The second kappa shape index (κ2) is 12.6. The van der Waals surface area contributed by atoms with Crippen molar-refractivity contribution in [3.05, 3.63) is 108 Å². The topological polar surface area (TPSA) is 31.2 Å². The van der Waals surface area contributed by atoms with Crippen LogP contribution in [0.3, 0.4) is 0 Å². The highest BCUT2D eigenvalue weighted by molar-refractivity contribution is 6.13. The zero-order chi connectivity index (χ0) is 22.9. The van der Waals surface area contributed by atoms with Crippen LogP contribution in [0, 0.1) is 0 Å². The van der Waals surface area contributed by atoms with Crippen LogP contribution in [0.5, 0.6) is 0 Å². The molecule has 2 aromatic rings. The van der Waals surface area contributed by atoms with Gasteiger partial charge in [-0.15, -0.1) is 0 Å². The molecule has 0 saturated heterocycles. The van der Waals surface area contributed by atoms with Crippen molar-refractivity contribution in [2.45, 2.75) is 6.92 Å². The second-order valence-electron chi connectivity index (χ2n) is 7.93. The second-order valence-corrected chi connectivity index (χ2v) is 7.93. The van der Waals surface area contributed by atoms with Crippen molar-refractivity contribution in [2.24, 2.45) is 9.98 Å². The van der Waals surface area contributed by atoms with Crippen LogP contribution in [0.1, 0.15) is 18.1 Å². The van der Waals surface area contributed by atoms with Crippen molar-refractivity contribution in [3.63, 3.8) is 0 Å². The van der Waals surface area contributed by atoms with Gasteiger partial charge in [-0.05, 0) is 55.0 Å². The Hall–Kier alpha value is -3.37. The van der Waals surface area contributed by atoms with E-state index >= 15 is 0 Å². The number of hydrogen-bond donors (Lipinski definition) is 0. The molecule has 0 aromatic heterocycles. The SMILES string of the molecule is CCN=C1C=CC(=C/C=C/N=C(c2ccc(N(C)C)cc2)c2ccc(N(C)C)cc2)C=C1.[Cl-]. The Morgan fingerprint density at radius 1 is 0.758 bits per heavy atom. The molecule has 172 valence electrons. The van der Waals surface area contributed by atoms with Gasteiger partial charge < -0.3 is 22.2 Å². The van der Waals surface area contributed by atoms with E-state index in [0.717, 1.165) is 46.0 Å². The summed E-state index contributed by atoms with van der Waals surface area (Å²) in [6.07, 6.45) is 14.1. The van der Waals surface area contributed by atoms with Crippen LogP contribution in [-0.2, 0) is 0 Å². The van der Waals surface area contributed by atoms with Crippen LogP contribution in [-0.4, -0.2) is 46.2 Å². The summed E-state index contributed by atoms with van der Waals surface area (Å²) >= 11 is 0. The van der Waals surface area contributed by atoms with Gasteiger partial charge in [0.05, 0.1) is 11.4 Å². The van der Waals surface area contributed by atoms with Crippen molar-refractivity contribution in [2.75, 3.05) is 44.5 Å². The maximum atomic E-state index is 4.83. The number of aliphatic imine (C=N–C) groups is 2. The molecule has 0 saturated carbocycles. The molecule has 4 nitrogen and oxygen atoms in total. The minimum atomic E-state index is 0. The lowest BCUT2D eigenvalue weighted by atomic mass is 10.0. The highest BCUT2D eigenvalue weighted by Crippen LogP contribution is 2.19. The maximum Gasteiger partial charge on any atom is 0.0774 e. The molecule has 0 aliphatic heterocycles. The molecule has 3 rings (SSSR count). The van der Waals surface area contributed by atoms with Crippen LogP contribution >= 0.6 is 0 Å². The van der Waals surface area contributed by atoms with Crippen LogP contribution in [0.15, 0.2) is 107 Å². The first-order valence-electron chi connectivity index (χ1n) is 10.9. The standard InChI is InChI=1S/C28H32N4.ClH/c1-6-29-25-15-9-22(10-16-25)8-7-21-30-28(23-11-17-26(18-12-23)31(2)3)24-13-19-27(20-14-24)32(4)5;/h7-21H,6H2,1-5H3;1H/p-1/b21-7+,22-8?,29-25?;. The molecule has 2 aromatic carbocycles. The smallest absolute Gasteiger partial charge is 0.0774 e. The van der Waals surface area contributed by atoms with E-state index in [1.54, 1.807) is 0 Å². The molecule has 33 heavy (non-hydrogen) atoms. The zero-order valence-corrected chi connectivity index (χ0v) is 20.8.